The standard InChI is InChI=1S/C15H15N5O3S/c1-2-7-16-13-5-6-14(19-18-13)20-24(22,23)11-3-4-12-10(8-11)9-15(21)17-12/h2-6,8H,1,7,9H2,(H,16,18)(H,17,21)(H,19,20). The summed E-state index contributed by atoms with van der Waals surface area (Å²) in [5, 5.41) is 13.3. The van der Waals surface area contributed by atoms with Gasteiger partial charge in [-0.2, -0.15) is 0 Å². The Hall–Kier alpha value is -2.94. The fourth-order valence-electron chi connectivity index (χ4n) is 2.23. The summed E-state index contributed by atoms with van der Waals surface area (Å²) in [5.41, 5.74) is 1.29. The summed E-state index contributed by atoms with van der Waals surface area (Å²) >= 11 is 0. The zero-order chi connectivity index (χ0) is 17.2. The van der Waals surface area contributed by atoms with Crippen molar-refractivity contribution in [3.63, 3.8) is 0 Å². The van der Waals surface area contributed by atoms with Gasteiger partial charge in [0, 0.05) is 12.2 Å². The summed E-state index contributed by atoms with van der Waals surface area (Å²) in [4.78, 5) is 11.4. The van der Waals surface area contributed by atoms with Gasteiger partial charge in [-0.1, -0.05) is 6.08 Å². The van der Waals surface area contributed by atoms with E-state index in [9.17, 15) is 13.2 Å². The van der Waals surface area contributed by atoms with E-state index in [1.165, 1.54) is 18.2 Å². The minimum absolute atomic E-state index is 0.0633. The molecular weight excluding hydrogens is 330 g/mol. The van der Waals surface area contributed by atoms with Crippen LogP contribution in [0.3, 0.4) is 0 Å². The summed E-state index contributed by atoms with van der Waals surface area (Å²) in [6.45, 7) is 4.11. The molecule has 24 heavy (non-hydrogen) atoms. The van der Waals surface area contributed by atoms with Gasteiger partial charge in [0.05, 0.1) is 11.3 Å². The number of aromatic nitrogens is 2. The quantitative estimate of drug-likeness (QED) is 0.682. The number of sulfonamides is 1. The Morgan fingerprint density at radius 2 is 1.96 bits per heavy atom. The molecule has 1 aliphatic heterocycles. The molecule has 0 fully saturated rings. The van der Waals surface area contributed by atoms with Crippen LogP contribution in [0.5, 0.6) is 0 Å². The molecule has 1 aromatic carbocycles. The van der Waals surface area contributed by atoms with E-state index in [4.69, 9.17) is 0 Å². The van der Waals surface area contributed by atoms with Crippen LogP contribution >= 0.6 is 0 Å². The molecular formula is C15H15N5O3S. The number of rotatable bonds is 6. The van der Waals surface area contributed by atoms with Crippen molar-refractivity contribution < 1.29 is 13.2 Å². The van der Waals surface area contributed by atoms with Crippen molar-refractivity contribution in [3.8, 4) is 0 Å². The third kappa shape index (κ3) is 3.35. The summed E-state index contributed by atoms with van der Waals surface area (Å²) in [6.07, 6.45) is 1.84. The van der Waals surface area contributed by atoms with Gasteiger partial charge in [-0.25, -0.2) is 8.42 Å². The smallest absolute Gasteiger partial charge is 0.263 e. The summed E-state index contributed by atoms with van der Waals surface area (Å²) in [7, 11) is -3.81. The molecule has 3 N–H and O–H groups in total. The molecule has 2 aromatic rings. The van der Waals surface area contributed by atoms with Gasteiger partial charge in [0.2, 0.25) is 5.91 Å². The molecule has 0 atom stereocenters. The highest BCUT2D eigenvalue weighted by Crippen LogP contribution is 2.26. The number of nitrogens with zero attached hydrogens (tertiary/aromatic N) is 2. The minimum Gasteiger partial charge on any atom is -0.365 e. The molecule has 0 spiro atoms. The predicted molar refractivity (Wildman–Crippen MR) is 90.3 cm³/mol. The van der Waals surface area contributed by atoms with Gasteiger partial charge in [-0.3, -0.25) is 9.52 Å². The highest BCUT2D eigenvalue weighted by atomic mass is 32.2. The van der Waals surface area contributed by atoms with Gasteiger partial charge in [0.15, 0.2) is 5.82 Å². The molecule has 124 valence electrons. The maximum atomic E-state index is 12.4. The molecule has 8 nitrogen and oxygen atoms in total. The number of carbonyl (C=O) groups excluding carboxylic acids is 1. The maximum absolute atomic E-state index is 12.4. The fraction of sp³-hybridized carbons (Fsp3) is 0.133. The largest absolute Gasteiger partial charge is 0.365 e. The number of anilines is 3. The van der Waals surface area contributed by atoms with Crippen LogP contribution in [-0.2, 0) is 21.2 Å². The van der Waals surface area contributed by atoms with E-state index < -0.39 is 10.0 Å². The normalized spacial score (nSPS) is 13.1. The van der Waals surface area contributed by atoms with E-state index in [1.54, 1.807) is 18.2 Å². The van der Waals surface area contributed by atoms with Gasteiger partial charge in [-0.05, 0) is 35.9 Å². The minimum atomic E-state index is -3.81. The first-order chi connectivity index (χ1) is 11.5. The van der Waals surface area contributed by atoms with E-state index in [-0.39, 0.29) is 23.0 Å². The molecule has 0 radical (unpaired) electrons. The Morgan fingerprint density at radius 1 is 1.21 bits per heavy atom. The van der Waals surface area contributed by atoms with Gasteiger partial charge < -0.3 is 10.6 Å². The number of hydrogen-bond acceptors (Lipinski definition) is 6. The van der Waals surface area contributed by atoms with Crippen molar-refractivity contribution in [2.75, 3.05) is 21.9 Å². The van der Waals surface area contributed by atoms with E-state index >= 15 is 0 Å². The highest BCUT2D eigenvalue weighted by molar-refractivity contribution is 7.92. The second-order valence-electron chi connectivity index (χ2n) is 5.12. The summed E-state index contributed by atoms with van der Waals surface area (Å²) in [5.74, 6) is 0.467. The topological polar surface area (TPSA) is 113 Å². The van der Waals surface area contributed by atoms with Crippen molar-refractivity contribution in [1.29, 1.82) is 0 Å². The molecule has 0 saturated carbocycles. The monoisotopic (exact) mass is 345 g/mol. The number of amides is 1. The van der Waals surface area contributed by atoms with Gasteiger partial charge in [0.25, 0.3) is 10.0 Å². The van der Waals surface area contributed by atoms with E-state index in [0.29, 0.717) is 23.6 Å². The van der Waals surface area contributed by atoms with Crippen LogP contribution in [0.2, 0.25) is 0 Å². The Kier molecular flexibility index (Phi) is 4.17. The van der Waals surface area contributed by atoms with Gasteiger partial charge >= 0.3 is 0 Å². The first kappa shape index (κ1) is 15.9. The molecule has 0 aliphatic carbocycles. The molecule has 3 rings (SSSR count). The molecule has 0 saturated heterocycles. The number of hydrogen-bond donors (Lipinski definition) is 3. The zero-order valence-corrected chi connectivity index (χ0v) is 13.4. The van der Waals surface area contributed by atoms with Crippen LogP contribution in [0.25, 0.3) is 0 Å². The van der Waals surface area contributed by atoms with Crippen molar-refractivity contribution in [2.45, 2.75) is 11.3 Å². The van der Waals surface area contributed by atoms with Crippen molar-refractivity contribution in [2.24, 2.45) is 0 Å². The Morgan fingerprint density at radius 3 is 2.67 bits per heavy atom. The van der Waals surface area contributed by atoms with E-state index in [2.05, 4.69) is 32.1 Å². The lowest BCUT2D eigenvalue weighted by atomic mass is 10.2. The Balaban J connectivity index is 1.78. The molecule has 0 unspecified atom stereocenters. The molecule has 2 heterocycles. The van der Waals surface area contributed by atoms with Crippen LogP contribution in [0, 0.1) is 0 Å². The van der Waals surface area contributed by atoms with Crippen LogP contribution in [0.15, 0.2) is 47.9 Å². The first-order valence-corrected chi connectivity index (χ1v) is 8.60. The Bertz CT molecular complexity index is 894. The summed E-state index contributed by atoms with van der Waals surface area (Å²) in [6, 6.07) is 7.60. The van der Waals surface area contributed by atoms with Crippen LogP contribution < -0.4 is 15.4 Å². The lowest BCUT2D eigenvalue weighted by molar-refractivity contribution is -0.115. The summed E-state index contributed by atoms with van der Waals surface area (Å²) < 4.78 is 27.2. The second-order valence-corrected chi connectivity index (χ2v) is 6.81. The second kappa shape index (κ2) is 6.28. The van der Waals surface area contributed by atoms with Crippen molar-refractivity contribution in [3.05, 3.63) is 48.6 Å². The van der Waals surface area contributed by atoms with Gasteiger partial charge in [-0.15, -0.1) is 16.8 Å². The first-order valence-electron chi connectivity index (χ1n) is 7.12. The lowest BCUT2D eigenvalue weighted by Crippen LogP contribution is -2.15. The molecule has 1 aromatic heterocycles. The average molecular weight is 345 g/mol. The van der Waals surface area contributed by atoms with E-state index in [1.807, 2.05) is 0 Å². The average Bonchev–Trinajstić information content (AvgIpc) is 2.93. The van der Waals surface area contributed by atoms with Crippen LogP contribution in [0.4, 0.5) is 17.3 Å². The van der Waals surface area contributed by atoms with Crippen LogP contribution in [0.1, 0.15) is 5.56 Å². The van der Waals surface area contributed by atoms with Gasteiger partial charge in [0.1, 0.15) is 5.82 Å². The molecule has 1 amide bonds. The zero-order valence-electron chi connectivity index (χ0n) is 12.6. The maximum Gasteiger partial charge on any atom is 0.263 e. The third-order valence-electron chi connectivity index (χ3n) is 3.34. The van der Waals surface area contributed by atoms with E-state index in [0.717, 1.165) is 0 Å². The van der Waals surface area contributed by atoms with Crippen molar-refractivity contribution in [1.82, 2.24) is 10.2 Å². The highest BCUT2D eigenvalue weighted by Gasteiger charge is 2.22. The molecule has 1 aliphatic rings. The van der Waals surface area contributed by atoms with Crippen molar-refractivity contribution >= 4 is 33.3 Å². The number of benzene rings is 1. The Labute approximate surface area is 139 Å². The number of nitrogens with one attached hydrogen (secondary N) is 3. The fourth-order valence-corrected chi connectivity index (χ4v) is 3.27. The molecule has 9 heteroatoms. The molecule has 0 bridgehead atoms. The lowest BCUT2D eigenvalue weighted by Gasteiger charge is -2.09. The predicted octanol–water partition coefficient (Wildman–Crippen LogP) is 1.37. The SMILES string of the molecule is C=CCNc1ccc(NS(=O)(=O)c2ccc3c(c2)CC(=O)N3)nn1. The number of carbonyl (C=O) groups is 1. The number of fused-ring (bicyclic) bond motifs is 1. The van der Waals surface area contributed by atoms with Crippen LogP contribution in [-0.4, -0.2) is 31.1 Å². The third-order valence-corrected chi connectivity index (χ3v) is 4.70.